The van der Waals surface area contributed by atoms with E-state index in [0.29, 0.717) is 0 Å². The predicted octanol–water partition coefficient (Wildman–Crippen LogP) is -1.29. The van der Waals surface area contributed by atoms with Gasteiger partial charge in [0.2, 0.25) is 5.79 Å². The van der Waals surface area contributed by atoms with Gasteiger partial charge in [-0.1, -0.05) is 0 Å². The molecule has 1 aliphatic rings. The molecule has 0 aromatic heterocycles. The smallest absolute Gasteiger partial charge is 0.267 e. The first-order valence-electron chi connectivity index (χ1n) is 3.96. The van der Waals surface area contributed by atoms with E-state index in [1.165, 1.54) is 0 Å². The maximum Gasteiger partial charge on any atom is 0.267 e. The van der Waals surface area contributed by atoms with Gasteiger partial charge in [0.05, 0.1) is 0 Å². The van der Waals surface area contributed by atoms with Crippen molar-refractivity contribution in [3.63, 3.8) is 0 Å². The third-order valence-corrected chi connectivity index (χ3v) is 2.26. The lowest BCUT2D eigenvalue weighted by molar-refractivity contribution is -0.270. The Morgan fingerprint density at radius 2 is 2.07 bits per heavy atom. The molecular weight excluding hydrogens is 202 g/mol. The van der Waals surface area contributed by atoms with Crippen LogP contribution < -0.4 is 0 Å². The Labute approximate surface area is 78.9 Å². The maximum absolute atomic E-state index is 12.2. The van der Waals surface area contributed by atoms with Crippen molar-refractivity contribution < 1.29 is 33.6 Å². The van der Waals surface area contributed by atoms with Crippen LogP contribution in [0, 0.1) is 0 Å². The van der Waals surface area contributed by atoms with Gasteiger partial charge in [0.25, 0.3) is 6.43 Å². The maximum atomic E-state index is 12.2. The lowest BCUT2D eigenvalue weighted by Crippen LogP contribution is -2.47. The zero-order valence-electron chi connectivity index (χ0n) is 7.43. The zero-order valence-corrected chi connectivity index (χ0v) is 7.43. The number of hydrogen-bond acceptors (Lipinski definition) is 5. The van der Waals surface area contributed by atoms with E-state index >= 15 is 0 Å². The van der Waals surface area contributed by atoms with E-state index < -0.39 is 37.1 Å². The van der Waals surface area contributed by atoms with Gasteiger partial charge in [-0.15, -0.1) is 0 Å². The van der Waals surface area contributed by atoms with Crippen molar-refractivity contribution in [2.45, 2.75) is 30.5 Å². The fourth-order valence-corrected chi connectivity index (χ4v) is 1.37. The molecule has 0 spiro atoms. The molecule has 3 N–H and O–H groups in total. The lowest BCUT2D eigenvalue weighted by atomic mass is 10.1. The monoisotopic (exact) mass is 214 g/mol. The molecule has 1 fully saturated rings. The standard InChI is InChI=1S/C7H12F2O5/c1-13-7(2-10)5(12)3(11)4(14-7)6(8)9/h3-6,10-12H,2H2,1H3/t3-,4+,5+,7+/m1/s1. The number of ether oxygens (including phenoxy) is 2. The summed E-state index contributed by atoms with van der Waals surface area (Å²) in [4.78, 5) is 0. The number of halogens is 2. The molecule has 4 atom stereocenters. The van der Waals surface area contributed by atoms with E-state index in [1.807, 2.05) is 0 Å². The summed E-state index contributed by atoms with van der Waals surface area (Å²) in [5, 5.41) is 27.4. The molecule has 0 unspecified atom stereocenters. The largest absolute Gasteiger partial charge is 0.391 e. The fourth-order valence-electron chi connectivity index (χ4n) is 1.37. The topological polar surface area (TPSA) is 79.2 Å². The molecule has 0 aromatic rings. The summed E-state index contributed by atoms with van der Waals surface area (Å²) >= 11 is 0. The van der Waals surface area contributed by atoms with Crippen molar-refractivity contribution in [3.05, 3.63) is 0 Å². The van der Waals surface area contributed by atoms with Crippen molar-refractivity contribution in [1.82, 2.24) is 0 Å². The average Bonchev–Trinajstić information content (AvgIpc) is 2.42. The summed E-state index contributed by atoms with van der Waals surface area (Å²) < 4.78 is 33.7. The Bertz CT molecular complexity index is 195. The summed E-state index contributed by atoms with van der Waals surface area (Å²) in [6, 6.07) is 0. The van der Waals surface area contributed by atoms with Gasteiger partial charge in [-0.2, -0.15) is 0 Å². The number of hydrogen-bond donors (Lipinski definition) is 3. The quantitative estimate of drug-likeness (QED) is 0.544. The first-order chi connectivity index (χ1) is 6.48. The summed E-state index contributed by atoms with van der Waals surface area (Å²) in [7, 11) is 1.08. The Balaban J connectivity index is 2.84. The van der Waals surface area contributed by atoms with E-state index in [1.54, 1.807) is 0 Å². The molecule has 0 amide bonds. The molecule has 14 heavy (non-hydrogen) atoms. The van der Waals surface area contributed by atoms with Gasteiger partial charge in [0.15, 0.2) is 6.10 Å². The van der Waals surface area contributed by atoms with Crippen LogP contribution in [0.5, 0.6) is 0 Å². The molecule has 1 saturated heterocycles. The SMILES string of the molecule is CO[C@@]1(CO)O[C@H](C(F)F)[C@@H](O)[C@@H]1O. The van der Waals surface area contributed by atoms with Crippen molar-refractivity contribution in [3.8, 4) is 0 Å². The van der Waals surface area contributed by atoms with Crippen molar-refractivity contribution in [2.75, 3.05) is 13.7 Å². The molecule has 1 rings (SSSR count). The highest BCUT2D eigenvalue weighted by Gasteiger charge is 2.57. The van der Waals surface area contributed by atoms with Gasteiger partial charge in [0.1, 0.15) is 18.8 Å². The summed E-state index contributed by atoms with van der Waals surface area (Å²) in [5.41, 5.74) is 0. The first-order valence-corrected chi connectivity index (χ1v) is 3.96. The zero-order chi connectivity index (χ0) is 10.9. The van der Waals surface area contributed by atoms with Crippen molar-refractivity contribution >= 4 is 0 Å². The van der Waals surface area contributed by atoms with Gasteiger partial charge in [-0.3, -0.25) is 0 Å². The molecule has 0 aliphatic carbocycles. The Hall–Kier alpha value is -0.340. The van der Waals surface area contributed by atoms with Crippen LogP contribution in [0.25, 0.3) is 0 Å². The second-order valence-corrected chi connectivity index (χ2v) is 3.03. The number of rotatable bonds is 3. The van der Waals surface area contributed by atoms with Gasteiger partial charge in [-0.25, -0.2) is 8.78 Å². The molecule has 1 aliphatic heterocycles. The first kappa shape index (κ1) is 11.7. The van der Waals surface area contributed by atoms with Crippen molar-refractivity contribution in [2.24, 2.45) is 0 Å². The highest BCUT2D eigenvalue weighted by Crippen LogP contribution is 2.34. The lowest BCUT2D eigenvalue weighted by Gasteiger charge is -2.27. The number of aliphatic hydroxyl groups is 3. The van der Waals surface area contributed by atoms with E-state index in [4.69, 9.17) is 5.11 Å². The van der Waals surface area contributed by atoms with Crippen LogP contribution in [-0.2, 0) is 9.47 Å². The third-order valence-electron chi connectivity index (χ3n) is 2.26. The van der Waals surface area contributed by atoms with Crippen molar-refractivity contribution in [1.29, 1.82) is 0 Å². The second kappa shape index (κ2) is 4.03. The molecule has 84 valence electrons. The minimum absolute atomic E-state index is 0.815. The molecule has 0 saturated carbocycles. The van der Waals surface area contributed by atoms with Crippen LogP contribution in [0.1, 0.15) is 0 Å². The second-order valence-electron chi connectivity index (χ2n) is 3.03. The summed E-state index contributed by atoms with van der Waals surface area (Å²) in [6.45, 7) is -0.815. The van der Waals surface area contributed by atoms with Crippen LogP contribution in [0.3, 0.4) is 0 Å². The minimum atomic E-state index is -2.96. The summed E-state index contributed by atoms with van der Waals surface area (Å²) in [6.07, 6.45) is -8.28. The van der Waals surface area contributed by atoms with Crippen LogP contribution >= 0.6 is 0 Å². The van der Waals surface area contributed by atoms with E-state index in [9.17, 15) is 19.0 Å². The molecule has 5 nitrogen and oxygen atoms in total. The van der Waals surface area contributed by atoms with Gasteiger partial charge >= 0.3 is 0 Å². The third kappa shape index (κ3) is 1.61. The van der Waals surface area contributed by atoms with E-state index in [2.05, 4.69) is 9.47 Å². The molecule has 0 radical (unpaired) electrons. The number of aliphatic hydroxyl groups excluding tert-OH is 3. The highest BCUT2D eigenvalue weighted by atomic mass is 19.3. The van der Waals surface area contributed by atoms with Gasteiger partial charge in [-0.05, 0) is 0 Å². The normalized spacial score (nSPS) is 43.5. The van der Waals surface area contributed by atoms with Crippen LogP contribution in [0.15, 0.2) is 0 Å². The molecular formula is C7H12F2O5. The summed E-state index contributed by atoms with van der Waals surface area (Å²) in [5.74, 6) is -1.96. The molecule has 7 heteroatoms. The Morgan fingerprint density at radius 3 is 2.29 bits per heavy atom. The molecule has 1 heterocycles. The van der Waals surface area contributed by atoms with Crippen LogP contribution in [-0.4, -0.2) is 59.6 Å². The van der Waals surface area contributed by atoms with E-state index in [0.717, 1.165) is 7.11 Å². The van der Waals surface area contributed by atoms with Gasteiger partial charge < -0.3 is 24.8 Å². The van der Waals surface area contributed by atoms with Crippen LogP contribution in [0.4, 0.5) is 8.78 Å². The average molecular weight is 214 g/mol. The number of methoxy groups -OCH3 is 1. The van der Waals surface area contributed by atoms with E-state index in [-0.39, 0.29) is 0 Å². The van der Waals surface area contributed by atoms with Gasteiger partial charge in [0, 0.05) is 7.11 Å². The Kier molecular flexibility index (Phi) is 3.38. The minimum Gasteiger partial charge on any atom is -0.391 e. The van der Waals surface area contributed by atoms with Crippen LogP contribution in [0.2, 0.25) is 0 Å². The molecule has 0 bridgehead atoms. The fraction of sp³-hybridized carbons (Fsp3) is 1.00. The Morgan fingerprint density at radius 1 is 1.50 bits per heavy atom. The highest BCUT2D eigenvalue weighted by molar-refractivity contribution is 4.97. The molecule has 0 aromatic carbocycles. The predicted molar refractivity (Wildman–Crippen MR) is 39.7 cm³/mol. The number of alkyl halides is 2.